The summed E-state index contributed by atoms with van der Waals surface area (Å²) in [4.78, 5) is 0. The van der Waals surface area contributed by atoms with Gasteiger partial charge in [0.2, 0.25) is 0 Å². The number of hydrogen-bond acceptors (Lipinski definition) is 1. The maximum Gasteiger partial charge on any atom is -0.00459 e. The Bertz CT molecular complexity index is 107. The number of unbranched alkanes of at least 4 members (excludes halogenated alkanes) is 1. The Morgan fingerprint density at radius 2 is 2.00 bits per heavy atom. The number of allylic oxidation sites excluding steroid dienone is 2. The van der Waals surface area contributed by atoms with Crippen molar-refractivity contribution in [1.29, 1.82) is 0 Å². The van der Waals surface area contributed by atoms with Crippen LogP contribution in [0.25, 0.3) is 0 Å². The van der Waals surface area contributed by atoms with E-state index in [1.54, 1.807) is 0 Å². The molecule has 0 bridgehead atoms. The largest absolute Gasteiger partial charge is 0.330 e. The first-order chi connectivity index (χ1) is 5.35. The highest BCUT2D eigenvalue weighted by Crippen LogP contribution is 2.11. The van der Waals surface area contributed by atoms with Crippen LogP contribution < -0.4 is 5.73 Å². The molecule has 2 N–H and O–H groups in total. The van der Waals surface area contributed by atoms with E-state index in [1.807, 2.05) is 12.2 Å². The second kappa shape index (κ2) is 7.55. The Morgan fingerprint density at radius 3 is 2.45 bits per heavy atom. The smallest absolute Gasteiger partial charge is 0.00459 e. The van der Waals surface area contributed by atoms with Crippen molar-refractivity contribution in [2.24, 2.45) is 11.7 Å². The van der Waals surface area contributed by atoms with Crippen LogP contribution in [0.15, 0.2) is 25.3 Å². The Labute approximate surface area is 70.0 Å². The third-order valence-corrected chi connectivity index (χ3v) is 1.85. The fourth-order valence-electron chi connectivity index (χ4n) is 1.12. The monoisotopic (exact) mass is 153 g/mol. The lowest BCUT2D eigenvalue weighted by atomic mass is 9.99. The van der Waals surface area contributed by atoms with Gasteiger partial charge in [-0.15, -0.1) is 13.2 Å². The molecule has 0 aromatic heterocycles. The van der Waals surface area contributed by atoms with Crippen molar-refractivity contribution in [2.75, 3.05) is 6.54 Å². The summed E-state index contributed by atoms with van der Waals surface area (Å²) in [6.07, 6.45) is 8.47. The average molecular weight is 153 g/mol. The third kappa shape index (κ3) is 5.86. The van der Waals surface area contributed by atoms with Gasteiger partial charge in [0.15, 0.2) is 0 Å². The van der Waals surface area contributed by atoms with Crippen LogP contribution in [0.5, 0.6) is 0 Å². The van der Waals surface area contributed by atoms with E-state index in [0.29, 0.717) is 5.92 Å². The number of rotatable bonds is 7. The van der Waals surface area contributed by atoms with Crippen LogP contribution in [0.1, 0.15) is 25.7 Å². The van der Waals surface area contributed by atoms with Crippen LogP contribution in [0.3, 0.4) is 0 Å². The minimum absolute atomic E-state index is 0.632. The predicted octanol–water partition coefficient (Wildman–Crippen LogP) is 2.49. The highest BCUT2D eigenvalue weighted by molar-refractivity contribution is 4.75. The molecule has 0 saturated heterocycles. The Morgan fingerprint density at radius 1 is 1.27 bits per heavy atom. The van der Waals surface area contributed by atoms with Gasteiger partial charge in [-0.1, -0.05) is 12.2 Å². The normalized spacial score (nSPS) is 12.5. The van der Waals surface area contributed by atoms with Crippen molar-refractivity contribution in [2.45, 2.75) is 25.7 Å². The molecular weight excluding hydrogens is 134 g/mol. The van der Waals surface area contributed by atoms with Crippen LogP contribution in [0.2, 0.25) is 0 Å². The Hall–Kier alpha value is -0.560. The van der Waals surface area contributed by atoms with E-state index in [-0.39, 0.29) is 0 Å². The van der Waals surface area contributed by atoms with Gasteiger partial charge in [-0.05, 0) is 38.1 Å². The minimum Gasteiger partial charge on any atom is -0.330 e. The van der Waals surface area contributed by atoms with Crippen molar-refractivity contribution < 1.29 is 0 Å². The van der Waals surface area contributed by atoms with E-state index in [2.05, 4.69) is 13.2 Å². The molecule has 1 heteroatoms. The van der Waals surface area contributed by atoms with Crippen molar-refractivity contribution in [3.05, 3.63) is 25.3 Å². The quantitative estimate of drug-likeness (QED) is 0.441. The molecule has 0 aliphatic carbocycles. The minimum atomic E-state index is 0.632. The lowest BCUT2D eigenvalue weighted by Gasteiger charge is -2.10. The molecule has 11 heavy (non-hydrogen) atoms. The molecule has 0 spiro atoms. The van der Waals surface area contributed by atoms with Crippen LogP contribution in [0, 0.1) is 5.92 Å². The van der Waals surface area contributed by atoms with Gasteiger partial charge in [0.05, 0.1) is 0 Å². The van der Waals surface area contributed by atoms with Crippen LogP contribution in [0.4, 0.5) is 0 Å². The van der Waals surface area contributed by atoms with Gasteiger partial charge in [-0.2, -0.15) is 0 Å². The van der Waals surface area contributed by atoms with E-state index in [9.17, 15) is 0 Å². The Kier molecular flexibility index (Phi) is 7.16. The van der Waals surface area contributed by atoms with Gasteiger partial charge in [-0.3, -0.25) is 0 Å². The molecule has 0 aliphatic rings. The van der Waals surface area contributed by atoms with Gasteiger partial charge in [0.1, 0.15) is 0 Å². The molecule has 1 nitrogen and oxygen atoms in total. The van der Waals surface area contributed by atoms with Crippen LogP contribution in [-0.4, -0.2) is 6.54 Å². The average Bonchev–Trinajstić information content (AvgIpc) is 2.03. The van der Waals surface area contributed by atoms with Gasteiger partial charge < -0.3 is 5.73 Å². The molecule has 1 unspecified atom stereocenters. The SMILES string of the molecule is C=CCCCC(CN)CC=C. The van der Waals surface area contributed by atoms with E-state index in [0.717, 1.165) is 19.4 Å². The van der Waals surface area contributed by atoms with E-state index >= 15 is 0 Å². The maximum absolute atomic E-state index is 5.57. The first kappa shape index (κ1) is 10.4. The third-order valence-electron chi connectivity index (χ3n) is 1.85. The van der Waals surface area contributed by atoms with Gasteiger partial charge in [-0.25, -0.2) is 0 Å². The first-order valence-electron chi connectivity index (χ1n) is 4.27. The second-order valence-electron chi connectivity index (χ2n) is 2.85. The summed E-state index contributed by atoms with van der Waals surface area (Å²) in [6, 6.07) is 0. The van der Waals surface area contributed by atoms with Gasteiger partial charge in [0.25, 0.3) is 0 Å². The van der Waals surface area contributed by atoms with Crippen molar-refractivity contribution >= 4 is 0 Å². The molecule has 0 radical (unpaired) electrons. The second-order valence-corrected chi connectivity index (χ2v) is 2.85. The zero-order chi connectivity index (χ0) is 8.53. The van der Waals surface area contributed by atoms with Gasteiger partial charge in [0, 0.05) is 0 Å². The molecule has 0 saturated carbocycles. The molecule has 0 aromatic rings. The standard InChI is InChI=1S/C10H19N/c1-3-5-6-8-10(9-11)7-4-2/h3-4,10H,1-2,5-9,11H2. The summed E-state index contributed by atoms with van der Waals surface area (Å²) < 4.78 is 0. The molecule has 0 heterocycles. The summed E-state index contributed by atoms with van der Waals surface area (Å²) in [5.74, 6) is 0.632. The zero-order valence-corrected chi connectivity index (χ0v) is 7.26. The zero-order valence-electron chi connectivity index (χ0n) is 7.26. The van der Waals surface area contributed by atoms with Gasteiger partial charge >= 0.3 is 0 Å². The number of hydrogen-bond donors (Lipinski definition) is 1. The molecule has 0 aromatic carbocycles. The van der Waals surface area contributed by atoms with Crippen molar-refractivity contribution in [3.63, 3.8) is 0 Å². The molecule has 0 fully saturated rings. The van der Waals surface area contributed by atoms with E-state index in [1.165, 1.54) is 12.8 Å². The predicted molar refractivity (Wildman–Crippen MR) is 51.4 cm³/mol. The highest BCUT2D eigenvalue weighted by atomic mass is 14.5. The summed E-state index contributed by atoms with van der Waals surface area (Å²) in [6.45, 7) is 8.16. The molecule has 0 rings (SSSR count). The number of nitrogens with two attached hydrogens (primary N) is 1. The van der Waals surface area contributed by atoms with Crippen LogP contribution in [-0.2, 0) is 0 Å². The Balaban J connectivity index is 3.34. The van der Waals surface area contributed by atoms with E-state index in [4.69, 9.17) is 5.73 Å². The lowest BCUT2D eigenvalue weighted by molar-refractivity contribution is 0.486. The van der Waals surface area contributed by atoms with Crippen molar-refractivity contribution in [3.8, 4) is 0 Å². The summed E-state index contributed by atoms with van der Waals surface area (Å²) >= 11 is 0. The maximum atomic E-state index is 5.57. The molecular formula is C10H19N. The highest BCUT2D eigenvalue weighted by Gasteiger charge is 2.02. The fourth-order valence-corrected chi connectivity index (χ4v) is 1.12. The topological polar surface area (TPSA) is 26.0 Å². The molecule has 64 valence electrons. The summed E-state index contributed by atoms with van der Waals surface area (Å²) in [7, 11) is 0. The lowest BCUT2D eigenvalue weighted by Crippen LogP contribution is -2.13. The van der Waals surface area contributed by atoms with Crippen LogP contribution >= 0.6 is 0 Å². The molecule has 0 amide bonds. The molecule has 1 atom stereocenters. The molecule has 0 aliphatic heterocycles. The van der Waals surface area contributed by atoms with E-state index < -0.39 is 0 Å². The summed E-state index contributed by atoms with van der Waals surface area (Å²) in [5.41, 5.74) is 5.57. The first-order valence-corrected chi connectivity index (χ1v) is 4.27. The summed E-state index contributed by atoms with van der Waals surface area (Å²) in [5, 5.41) is 0. The fraction of sp³-hybridized carbons (Fsp3) is 0.600. The van der Waals surface area contributed by atoms with Crippen molar-refractivity contribution in [1.82, 2.24) is 0 Å².